The van der Waals surface area contributed by atoms with Crippen molar-refractivity contribution in [2.24, 2.45) is 13.0 Å². The van der Waals surface area contributed by atoms with Crippen LogP contribution in [-0.2, 0) is 7.05 Å². The second-order valence-electron chi connectivity index (χ2n) is 4.12. The SMILES string of the molecule is CCC(C)C(C)Nc1cn(C)nc1C. The lowest BCUT2D eigenvalue weighted by Crippen LogP contribution is -2.23. The predicted octanol–water partition coefficient (Wildman–Crippen LogP) is 2.58. The third kappa shape index (κ3) is 2.50. The molecule has 1 rings (SSSR count). The lowest BCUT2D eigenvalue weighted by Gasteiger charge is -2.20. The van der Waals surface area contributed by atoms with Crippen LogP contribution in [0.5, 0.6) is 0 Å². The molecule has 0 bridgehead atoms. The van der Waals surface area contributed by atoms with Crippen LogP contribution in [0.3, 0.4) is 0 Å². The van der Waals surface area contributed by atoms with Gasteiger partial charge < -0.3 is 5.32 Å². The van der Waals surface area contributed by atoms with Crippen molar-refractivity contribution in [3.8, 4) is 0 Å². The third-order valence-corrected chi connectivity index (χ3v) is 2.89. The van der Waals surface area contributed by atoms with Gasteiger partial charge in [-0.2, -0.15) is 5.10 Å². The Balaban J connectivity index is 2.64. The van der Waals surface area contributed by atoms with E-state index in [1.807, 2.05) is 24.9 Å². The smallest absolute Gasteiger partial charge is 0.0825 e. The van der Waals surface area contributed by atoms with Crippen molar-refractivity contribution in [2.75, 3.05) is 5.32 Å². The molecule has 2 atom stereocenters. The molecule has 0 aromatic carbocycles. The maximum Gasteiger partial charge on any atom is 0.0825 e. The molecule has 0 aliphatic rings. The molecule has 1 aromatic heterocycles. The van der Waals surface area contributed by atoms with E-state index in [9.17, 15) is 0 Å². The Labute approximate surface area is 86.5 Å². The van der Waals surface area contributed by atoms with E-state index in [1.54, 1.807) is 0 Å². The summed E-state index contributed by atoms with van der Waals surface area (Å²) in [5.74, 6) is 0.689. The molecule has 1 N–H and O–H groups in total. The molecule has 0 radical (unpaired) electrons. The molecule has 3 heteroatoms. The molecule has 2 unspecified atom stereocenters. The van der Waals surface area contributed by atoms with Crippen LogP contribution >= 0.6 is 0 Å². The Kier molecular flexibility index (Phi) is 3.55. The monoisotopic (exact) mass is 195 g/mol. The van der Waals surface area contributed by atoms with Crippen LogP contribution in [0.1, 0.15) is 32.9 Å². The quantitative estimate of drug-likeness (QED) is 0.800. The van der Waals surface area contributed by atoms with E-state index in [0.29, 0.717) is 12.0 Å². The Morgan fingerprint density at radius 3 is 2.57 bits per heavy atom. The summed E-state index contributed by atoms with van der Waals surface area (Å²) < 4.78 is 1.85. The largest absolute Gasteiger partial charge is 0.380 e. The summed E-state index contributed by atoms with van der Waals surface area (Å²) in [5, 5.41) is 7.80. The third-order valence-electron chi connectivity index (χ3n) is 2.89. The fourth-order valence-corrected chi connectivity index (χ4v) is 1.48. The van der Waals surface area contributed by atoms with Gasteiger partial charge in [0.2, 0.25) is 0 Å². The minimum Gasteiger partial charge on any atom is -0.380 e. The second kappa shape index (κ2) is 4.49. The van der Waals surface area contributed by atoms with Gasteiger partial charge in [0.15, 0.2) is 0 Å². The summed E-state index contributed by atoms with van der Waals surface area (Å²) in [6, 6.07) is 0.503. The molecule has 80 valence electrons. The Hall–Kier alpha value is -0.990. The van der Waals surface area contributed by atoms with Gasteiger partial charge in [0.25, 0.3) is 0 Å². The fourth-order valence-electron chi connectivity index (χ4n) is 1.48. The molecular weight excluding hydrogens is 174 g/mol. The van der Waals surface area contributed by atoms with E-state index in [-0.39, 0.29) is 0 Å². The van der Waals surface area contributed by atoms with Crippen LogP contribution in [0.2, 0.25) is 0 Å². The first-order valence-electron chi connectivity index (χ1n) is 5.31. The van der Waals surface area contributed by atoms with Gasteiger partial charge in [-0.25, -0.2) is 0 Å². The van der Waals surface area contributed by atoms with Crippen LogP contribution < -0.4 is 5.32 Å². The second-order valence-corrected chi connectivity index (χ2v) is 4.12. The van der Waals surface area contributed by atoms with Gasteiger partial charge in [-0.15, -0.1) is 0 Å². The normalized spacial score (nSPS) is 15.2. The van der Waals surface area contributed by atoms with Crippen LogP contribution in [0.15, 0.2) is 6.20 Å². The first-order valence-corrected chi connectivity index (χ1v) is 5.31. The Morgan fingerprint density at radius 2 is 2.14 bits per heavy atom. The summed E-state index contributed by atoms with van der Waals surface area (Å²) in [7, 11) is 1.95. The zero-order chi connectivity index (χ0) is 10.7. The zero-order valence-electron chi connectivity index (χ0n) is 9.83. The molecule has 0 fully saturated rings. The number of nitrogens with zero attached hydrogens (tertiary/aromatic N) is 2. The number of nitrogens with one attached hydrogen (secondary N) is 1. The number of rotatable bonds is 4. The minimum atomic E-state index is 0.503. The van der Waals surface area contributed by atoms with Crippen molar-refractivity contribution in [3.05, 3.63) is 11.9 Å². The van der Waals surface area contributed by atoms with Crippen molar-refractivity contribution in [3.63, 3.8) is 0 Å². The van der Waals surface area contributed by atoms with Gasteiger partial charge in [-0.05, 0) is 19.8 Å². The summed E-state index contributed by atoms with van der Waals surface area (Å²) in [5.41, 5.74) is 2.22. The molecule has 1 heterocycles. The van der Waals surface area contributed by atoms with E-state index in [1.165, 1.54) is 6.42 Å². The lowest BCUT2D eigenvalue weighted by molar-refractivity contribution is 0.494. The zero-order valence-corrected chi connectivity index (χ0v) is 9.83. The highest BCUT2D eigenvalue weighted by molar-refractivity contribution is 5.46. The highest BCUT2D eigenvalue weighted by Crippen LogP contribution is 2.17. The highest BCUT2D eigenvalue weighted by atomic mass is 15.3. The minimum absolute atomic E-state index is 0.503. The molecule has 0 spiro atoms. The van der Waals surface area contributed by atoms with Gasteiger partial charge in [0.05, 0.1) is 11.4 Å². The summed E-state index contributed by atoms with van der Waals surface area (Å²) in [6.07, 6.45) is 3.24. The number of hydrogen-bond acceptors (Lipinski definition) is 2. The van der Waals surface area contributed by atoms with Crippen molar-refractivity contribution in [1.82, 2.24) is 9.78 Å². The number of anilines is 1. The molecule has 1 aromatic rings. The standard InChI is InChI=1S/C11H21N3/c1-6-8(2)9(3)12-11-7-14(5)13-10(11)4/h7-9,12H,6H2,1-5H3. The van der Waals surface area contributed by atoms with Crippen LogP contribution in [0.25, 0.3) is 0 Å². The van der Waals surface area contributed by atoms with E-state index in [4.69, 9.17) is 0 Å². The van der Waals surface area contributed by atoms with Crippen molar-refractivity contribution in [2.45, 2.75) is 40.2 Å². The molecule has 0 amide bonds. The molecule has 0 aliphatic carbocycles. The van der Waals surface area contributed by atoms with E-state index >= 15 is 0 Å². The molecular formula is C11H21N3. The molecule has 0 saturated heterocycles. The fraction of sp³-hybridized carbons (Fsp3) is 0.727. The maximum atomic E-state index is 4.30. The molecule has 14 heavy (non-hydrogen) atoms. The van der Waals surface area contributed by atoms with Gasteiger partial charge >= 0.3 is 0 Å². The Morgan fingerprint density at radius 1 is 1.50 bits per heavy atom. The van der Waals surface area contributed by atoms with E-state index < -0.39 is 0 Å². The highest BCUT2D eigenvalue weighted by Gasteiger charge is 2.11. The van der Waals surface area contributed by atoms with Gasteiger partial charge in [-0.3, -0.25) is 4.68 Å². The average Bonchev–Trinajstić information content (AvgIpc) is 2.44. The van der Waals surface area contributed by atoms with E-state index in [0.717, 1.165) is 11.4 Å². The maximum absolute atomic E-state index is 4.30. The first kappa shape index (κ1) is 11.1. The molecule has 3 nitrogen and oxygen atoms in total. The van der Waals surface area contributed by atoms with Gasteiger partial charge in [-0.1, -0.05) is 20.3 Å². The van der Waals surface area contributed by atoms with Gasteiger partial charge in [0, 0.05) is 19.3 Å². The average molecular weight is 195 g/mol. The first-order chi connectivity index (χ1) is 6.54. The summed E-state index contributed by atoms with van der Waals surface area (Å²) in [4.78, 5) is 0. The van der Waals surface area contributed by atoms with Crippen LogP contribution in [-0.4, -0.2) is 15.8 Å². The van der Waals surface area contributed by atoms with Crippen LogP contribution in [0.4, 0.5) is 5.69 Å². The van der Waals surface area contributed by atoms with Gasteiger partial charge in [0.1, 0.15) is 0 Å². The number of aromatic nitrogens is 2. The van der Waals surface area contributed by atoms with Crippen molar-refractivity contribution < 1.29 is 0 Å². The summed E-state index contributed by atoms with van der Waals surface area (Å²) in [6.45, 7) is 8.74. The number of hydrogen-bond donors (Lipinski definition) is 1. The number of aryl methyl sites for hydroxylation is 2. The Bertz CT molecular complexity index is 291. The van der Waals surface area contributed by atoms with E-state index in [2.05, 4.69) is 31.2 Å². The van der Waals surface area contributed by atoms with Crippen LogP contribution in [0, 0.1) is 12.8 Å². The molecule has 0 saturated carbocycles. The topological polar surface area (TPSA) is 29.9 Å². The van der Waals surface area contributed by atoms with Crippen molar-refractivity contribution in [1.29, 1.82) is 0 Å². The molecule has 0 aliphatic heterocycles. The lowest BCUT2D eigenvalue weighted by atomic mass is 10.0. The van der Waals surface area contributed by atoms with Crippen molar-refractivity contribution >= 4 is 5.69 Å². The predicted molar refractivity (Wildman–Crippen MR) is 60.5 cm³/mol. The summed E-state index contributed by atoms with van der Waals surface area (Å²) >= 11 is 0.